The number of amides is 1. The van der Waals surface area contributed by atoms with Crippen LogP contribution in [-0.4, -0.2) is 99.6 Å². The lowest BCUT2D eigenvalue weighted by atomic mass is 9.93. The average molecular weight is 585 g/mol. The van der Waals surface area contributed by atoms with Crippen molar-refractivity contribution in [2.45, 2.75) is 57.3 Å². The molecule has 0 aromatic carbocycles. The van der Waals surface area contributed by atoms with Crippen molar-refractivity contribution in [1.29, 1.82) is 0 Å². The Morgan fingerprint density at radius 2 is 1.57 bits per heavy atom. The topological polar surface area (TPSA) is 82.9 Å². The Balaban J connectivity index is 1.21. The van der Waals surface area contributed by atoms with E-state index in [1.165, 1.54) is 0 Å². The first-order valence-corrected chi connectivity index (χ1v) is 14.0. The molecule has 10 nitrogen and oxygen atoms in total. The number of hydrogen-bond donors (Lipinski definition) is 0. The van der Waals surface area contributed by atoms with Gasteiger partial charge in [-0.15, -0.1) is 0 Å². The van der Waals surface area contributed by atoms with Gasteiger partial charge in [-0.2, -0.15) is 18.3 Å². The van der Waals surface area contributed by atoms with Crippen LogP contribution in [0, 0.1) is 0 Å². The van der Waals surface area contributed by atoms with Gasteiger partial charge in [-0.25, -0.2) is 14.8 Å². The normalized spacial score (nSPS) is 20.1. The first-order valence-electron chi connectivity index (χ1n) is 13.6. The molecule has 3 saturated heterocycles. The number of anilines is 2. The Morgan fingerprint density at radius 1 is 0.975 bits per heavy atom. The number of rotatable bonds is 4. The maximum absolute atomic E-state index is 13.8. The zero-order chi connectivity index (χ0) is 28.8. The van der Waals surface area contributed by atoms with Crippen molar-refractivity contribution in [1.82, 2.24) is 29.5 Å². The van der Waals surface area contributed by atoms with Gasteiger partial charge in [-0.3, -0.25) is 9.58 Å². The molecule has 5 rings (SSSR count). The third-order valence-electron chi connectivity index (χ3n) is 7.76. The molecule has 3 fully saturated rings. The van der Waals surface area contributed by atoms with Crippen molar-refractivity contribution >= 4 is 29.3 Å². The Labute approximate surface area is 237 Å². The number of aromatic nitrogens is 4. The summed E-state index contributed by atoms with van der Waals surface area (Å²) in [5.74, 6) is -0.350. The summed E-state index contributed by atoms with van der Waals surface area (Å²) < 4.78 is 48.5. The van der Waals surface area contributed by atoms with Crippen LogP contribution in [0.15, 0.2) is 12.3 Å². The first-order chi connectivity index (χ1) is 18.8. The Kier molecular flexibility index (Phi) is 7.81. The smallest absolute Gasteiger partial charge is 0.444 e. The molecule has 3 aliphatic heterocycles. The van der Waals surface area contributed by atoms with Crippen molar-refractivity contribution in [3.8, 4) is 0 Å². The fourth-order valence-electron chi connectivity index (χ4n) is 5.60. The summed E-state index contributed by atoms with van der Waals surface area (Å²) in [6.07, 6.45) is -1.87. The average Bonchev–Trinajstić information content (AvgIpc) is 3.19. The molecular formula is C26H36ClF3N8O2. The van der Waals surface area contributed by atoms with Gasteiger partial charge in [-0.1, -0.05) is 11.6 Å². The number of alkyl halides is 3. The van der Waals surface area contributed by atoms with E-state index in [2.05, 4.69) is 20.0 Å². The lowest BCUT2D eigenvalue weighted by Gasteiger charge is -2.48. The largest absolute Gasteiger partial charge is 0.451 e. The van der Waals surface area contributed by atoms with E-state index in [0.29, 0.717) is 63.2 Å². The van der Waals surface area contributed by atoms with E-state index in [1.807, 2.05) is 37.6 Å². The van der Waals surface area contributed by atoms with Gasteiger partial charge >= 0.3 is 12.3 Å². The molecule has 1 amide bonds. The first kappa shape index (κ1) is 28.7. The zero-order valence-corrected chi connectivity index (χ0v) is 24.0. The second-order valence-corrected chi connectivity index (χ2v) is 12.1. The number of nitrogens with zero attached hydrogens (tertiary/aromatic N) is 8. The summed E-state index contributed by atoms with van der Waals surface area (Å²) in [6, 6.07) is 1.86. The van der Waals surface area contributed by atoms with Gasteiger partial charge in [-0.05, 0) is 33.6 Å². The molecule has 3 aliphatic rings. The number of carbonyl (C=O) groups excluding carboxylic acids is 1. The second-order valence-electron chi connectivity index (χ2n) is 11.7. The molecule has 2 aromatic rings. The second kappa shape index (κ2) is 10.9. The van der Waals surface area contributed by atoms with E-state index in [4.69, 9.17) is 16.3 Å². The minimum Gasteiger partial charge on any atom is -0.444 e. The summed E-state index contributed by atoms with van der Waals surface area (Å²) in [6.45, 7) is 10.3. The maximum Gasteiger partial charge on any atom is 0.451 e. The van der Waals surface area contributed by atoms with Crippen molar-refractivity contribution in [2.24, 2.45) is 7.05 Å². The van der Waals surface area contributed by atoms with Gasteiger partial charge in [0.25, 0.3) is 0 Å². The molecule has 0 bridgehead atoms. The highest BCUT2D eigenvalue weighted by molar-refractivity contribution is 6.31. The monoisotopic (exact) mass is 584 g/mol. The predicted octanol–water partition coefficient (Wildman–Crippen LogP) is 4.01. The van der Waals surface area contributed by atoms with Crippen molar-refractivity contribution < 1.29 is 22.7 Å². The van der Waals surface area contributed by atoms with Crippen LogP contribution in [-0.2, 0) is 18.0 Å². The van der Waals surface area contributed by atoms with Gasteiger partial charge in [0.05, 0.1) is 16.9 Å². The zero-order valence-electron chi connectivity index (χ0n) is 23.3. The van der Waals surface area contributed by atoms with Crippen molar-refractivity contribution in [3.05, 3.63) is 28.8 Å². The molecule has 0 radical (unpaired) electrons. The molecule has 40 heavy (non-hydrogen) atoms. The van der Waals surface area contributed by atoms with Crippen LogP contribution in [0.4, 0.5) is 29.6 Å². The quantitative estimate of drug-likeness (QED) is 0.533. The number of piperazine rings is 1. The number of ether oxygens (including phenoxy) is 1. The van der Waals surface area contributed by atoms with E-state index in [9.17, 15) is 18.0 Å². The van der Waals surface area contributed by atoms with Crippen LogP contribution < -0.4 is 9.80 Å². The molecule has 0 aliphatic carbocycles. The summed E-state index contributed by atoms with van der Waals surface area (Å²) in [5.41, 5.74) is 0.413. The maximum atomic E-state index is 13.8. The third kappa shape index (κ3) is 6.24. The molecule has 0 unspecified atom stereocenters. The van der Waals surface area contributed by atoms with Gasteiger partial charge in [0, 0.05) is 77.4 Å². The van der Waals surface area contributed by atoms with E-state index in [0.717, 1.165) is 18.5 Å². The summed E-state index contributed by atoms with van der Waals surface area (Å²) in [7, 11) is 1.85. The molecule has 0 atom stereocenters. The SMILES string of the molecule is Cn1ncc(Cl)c1C1CCN(c2cc(N3CC(N4CCN(C(=O)OC(C)(C)C)CC4)C3)nc(C(F)(F)F)n2)CC1. The number of hydrogen-bond acceptors (Lipinski definition) is 8. The number of carbonyl (C=O) groups is 1. The van der Waals surface area contributed by atoms with Crippen LogP contribution in [0.5, 0.6) is 0 Å². The number of piperidine rings is 1. The van der Waals surface area contributed by atoms with Crippen LogP contribution in [0.2, 0.25) is 5.02 Å². The minimum absolute atomic E-state index is 0.187. The lowest BCUT2D eigenvalue weighted by molar-refractivity contribution is -0.144. The molecule has 0 N–H and O–H groups in total. The van der Waals surface area contributed by atoms with Crippen LogP contribution in [0.3, 0.4) is 0 Å². The summed E-state index contributed by atoms with van der Waals surface area (Å²) in [5, 5.41) is 4.83. The predicted molar refractivity (Wildman–Crippen MR) is 145 cm³/mol. The molecular weight excluding hydrogens is 549 g/mol. The van der Waals surface area contributed by atoms with E-state index in [1.54, 1.807) is 21.8 Å². The van der Waals surface area contributed by atoms with Crippen LogP contribution >= 0.6 is 11.6 Å². The highest BCUT2D eigenvalue weighted by atomic mass is 35.5. The number of halogens is 4. The summed E-state index contributed by atoms with van der Waals surface area (Å²) in [4.78, 5) is 27.9. The van der Waals surface area contributed by atoms with E-state index in [-0.39, 0.29) is 23.9 Å². The summed E-state index contributed by atoms with van der Waals surface area (Å²) >= 11 is 6.32. The fraction of sp³-hybridized carbons (Fsp3) is 0.692. The Hall–Kier alpha value is -2.80. The van der Waals surface area contributed by atoms with Crippen LogP contribution in [0.1, 0.15) is 51.0 Å². The standard InChI is InChI=1S/C26H36ClF3N8O2/c1-25(2,3)40-24(39)37-11-9-35(10-12-37)18-15-38(16-18)21-13-20(32-23(33-21)26(28,29)30)36-7-5-17(6-8-36)22-19(27)14-31-34(22)4/h13-14,17-18H,5-12,15-16H2,1-4H3. The fourth-order valence-corrected chi connectivity index (χ4v) is 5.92. The number of aryl methyl sites for hydroxylation is 1. The van der Waals surface area contributed by atoms with E-state index >= 15 is 0 Å². The van der Waals surface area contributed by atoms with Gasteiger partial charge < -0.3 is 19.4 Å². The Bertz CT molecular complexity index is 1190. The van der Waals surface area contributed by atoms with Crippen molar-refractivity contribution in [3.63, 3.8) is 0 Å². The van der Waals surface area contributed by atoms with Gasteiger partial charge in [0.2, 0.25) is 5.82 Å². The molecule has 5 heterocycles. The molecule has 14 heteroatoms. The molecule has 0 saturated carbocycles. The van der Waals surface area contributed by atoms with E-state index < -0.39 is 17.6 Å². The molecule has 220 valence electrons. The molecule has 2 aromatic heterocycles. The molecule has 0 spiro atoms. The van der Waals surface area contributed by atoms with Crippen molar-refractivity contribution in [2.75, 3.05) is 62.2 Å². The van der Waals surface area contributed by atoms with Crippen LogP contribution in [0.25, 0.3) is 0 Å². The third-order valence-corrected chi connectivity index (χ3v) is 8.06. The minimum atomic E-state index is -4.65. The highest BCUT2D eigenvalue weighted by Gasteiger charge is 2.40. The van der Waals surface area contributed by atoms with Gasteiger partial charge in [0.15, 0.2) is 0 Å². The highest BCUT2D eigenvalue weighted by Crippen LogP contribution is 2.36. The van der Waals surface area contributed by atoms with Gasteiger partial charge in [0.1, 0.15) is 17.2 Å². The lowest BCUT2D eigenvalue weighted by Crippen LogP contribution is -2.64. The Morgan fingerprint density at radius 3 is 2.10 bits per heavy atom.